The predicted octanol–water partition coefficient (Wildman–Crippen LogP) is 8.35. The number of carbonyl (C=O) groups is 1. The van der Waals surface area contributed by atoms with E-state index in [4.69, 9.17) is 13.9 Å². The Morgan fingerprint density at radius 2 is 1.47 bits per heavy atom. The van der Waals surface area contributed by atoms with Crippen molar-refractivity contribution in [2.75, 3.05) is 11.5 Å². The Kier molecular flexibility index (Phi) is 9.10. The zero-order valence-corrected chi connectivity index (χ0v) is 27.2. The van der Waals surface area contributed by atoms with Gasteiger partial charge in [0.05, 0.1) is 27.4 Å². The molecular weight excluding hydrogens is 648 g/mol. The molecule has 4 aromatic carbocycles. The molecule has 10 heteroatoms. The first-order valence-corrected chi connectivity index (χ1v) is 16.5. The second-order valence-corrected chi connectivity index (χ2v) is 13.3. The number of amidine groups is 1. The van der Waals surface area contributed by atoms with Crippen LogP contribution in [-0.4, -0.2) is 26.1 Å². The highest BCUT2D eigenvalue weighted by Gasteiger charge is 2.35. The number of amides is 1. The summed E-state index contributed by atoms with van der Waals surface area (Å²) in [5, 5.41) is 0.525. The maximum Gasteiger partial charge on any atom is 0.339 e. The molecule has 4 aromatic rings. The van der Waals surface area contributed by atoms with Gasteiger partial charge in [-0.05, 0) is 116 Å². The minimum absolute atomic E-state index is 0.0258. The number of thioether (sulfide) groups is 1. The fourth-order valence-electron chi connectivity index (χ4n) is 4.23. The molecule has 220 valence electrons. The van der Waals surface area contributed by atoms with Crippen molar-refractivity contribution < 1.29 is 22.1 Å². The molecule has 0 saturated carbocycles. The quantitative estimate of drug-likeness (QED) is 0.138. The van der Waals surface area contributed by atoms with E-state index >= 15 is 0 Å². The van der Waals surface area contributed by atoms with Gasteiger partial charge in [-0.15, -0.1) is 0 Å². The lowest BCUT2D eigenvalue weighted by molar-refractivity contribution is -0.113. The topological polar surface area (TPSA) is 85.3 Å². The van der Waals surface area contributed by atoms with E-state index < -0.39 is 10.1 Å². The van der Waals surface area contributed by atoms with E-state index in [1.54, 1.807) is 42.2 Å². The van der Waals surface area contributed by atoms with Crippen molar-refractivity contribution in [3.63, 3.8) is 0 Å². The van der Waals surface area contributed by atoms with E-state index in [0.717, 1.165) is 22.4 Å². The summed E-state index contributed by atoms with van der Waals surface area (Å²) in [6, 6.07) is 25.2. The fourth-order valence-corrected chi connectivity index (χ4v) is 6.83. The largest absolute Gasteiger partial charge is 0.490 e. The molecule has 0 N–H and O–H groups in total. The second-order valence-electron chi connectivity index (χ2n) is 9.93. The Labute approximate surface area is 264 Å². The van der Waals surface area contributed by atoms with Gasteiger partial charge in [0.15, 0.2) is 16.7 Å². The third kappa shape index (κ3) is 7.04. The van der Waals surface area contributed by atoms with Crippen molar-refractivity contribution in [3.8, 4) is 11.5 Å². The molecule has 0 unspecified atom stereocenters. The number of anilines is 1. The summed E-state index contributed by atoms with van der Waals surface area (Å²) < 4.78 is 37.8. The van der Waals surface area contributed by atoms with Crippen molar-refractivity contribution >= 4 is 66.3 Å². The van der Waals surface area contributed by atoms with E-state index in [-0.39, 0.29) is 28.9 Å². The lowest BCUT2D eigenvalue weighted by Gasteiger charge is -2.16. The van der Waals surface area contributed by atoms with Crippen LogP contribution in [0.3, 0.4) is 0 Å². The summed E-state index contributed by atoms with van der Waals surface area (Å²) in [5.74, 6) is 0.0211. The lowest BCUT2D eigenvalue weighted by Crippen LogP contribution is -2.28. The van der Waals surface area contributed by atoms with E-state index in [9.17, 15) is 13.2 Å². The number of benzene rings is 4. The maximum absolute atomic E-state index is 13.8. The number of rotatable bonds is 8. The van der Waals surface area contributed by atoms with E-state index in [1.807, 2.05) is 69.3 Å². The molecule has 1 heterocycles. The third-order valence-corrected chi connectivity index (χ3v) is 9.28. The molecule has 1 aliphatic heterocycles. The van der Waals surface area contributed by atoms with Crippen molar-refractivity contribution in [3.05, 3.63) is 117 Å². The Balaban J connectivity index is 1.52. The summed E-state index contributed by atoms with van der Waals surface area (Å²) in [5.41, 5.74) is 5.18. The van der Waals surface area contributed by atoms with Gasteiger partial charge >= 0.3 is 10.1 Å². The van der Waals surface area contributed by atoms with Crippen LogP contribution in [0.2, 0.25) is 0 Å². The molecule has 1 fully saturated rings. The Hall–Kier alpha value is -3.86. The second kappa shape index (κ2) is 12.8. The van der Waals surface area contributed by atoms with E-state index in [1.165, 1.54) is 23.9 Å². The molecule has 0 radical (unpaired) electrons. The van der Waals surface area contributed by atoms with E-state index in [2.05, 4.69) is 15.9 Å². The Morgan fingerprint density at radius 3 is 2.07 bits per heavy atom. The minimum Gasteiger partial charge on any atom is -0.490 e. The average molecular weight is 678 g/mol. The zero-order chi connectivity index (χ0) is 30.7. The van der Waals surface area contributed by atoms with Crippen LogP contribution >= 0.6 is 27.7 Å². The van der Waals surface area contributed by atoms with Crippen molar-refractivity contribution in [1.82, 2.24) is 0 Å². The Bertz CT molecular complexity index is 1830. The number of aryl methyl sites for hydroxylation is 3. The first-order chi connectivity index (χ1) is 20.5. The molecule has 1 amide bonds. The fraction of sp³-hybridized carbons (Fsp3) is 0.152. The highest BCUT2D eigenvalue weighted by atomic mass is 79.9. The van der Waals surface area contributed by atoms with Gasteiger partial charge in [0.2, 0.25) is 0 Å². The maximum atomic E-state index is 13.8. The molecule has 5 rings (SSSR count). The van der Waals surface area contributed by atoms with Crippen molar-refractivity contribution in [2.45, 2.75) is 32.6 Å². The molecule has 0 aliphatic carbocycles. The average Bonchev–Trinajstić information content (AvgIpc) is 3.26. The number of carbonyl (C=O) groups excluding carboxylic acids is 1. The summed E-state index contributed by atoms with van der Waals surface area (Å²) >= 11 is 4.72. The molecule has 43 heavy (non-hydrogen) atoms. The first kappa shape index (κ1) is 30.6. The summed E-state index contributed by atoms with van der Waals surface area (Å²) in [6.45, 7) is 7.94. The third-order valence-electron chi connectivity index (χ3n) is 6.49. The van der Waals surface area contributed by atoms with Gasteiger partial charge in [-0.1, -0.05) is 53.1 Å². The lowest BCUT2D eigenvalue weighted by atomic mass is 10.1. The molecule has 1 saturated heterocycles. The molecule has 7 nitrogen and oxygen atoms in total. The number of hydrogen-bond donors (Lipinski definition) is 0. The van der Waals surface area contributed by atoms with Crippen molar-refractivity contribution in [1.29, 1.82) is 0 Å². The van der Waals surface area contributed by atoms with Gasteiger partial charge in [-0.25, -0.2) is 4.99 Å². The van der Waals surface area contributed by atoms with Crippen LogP contribution in [0.5, 0.6) is 11.5 Å². The van der Waals surface area contributed by atoms with Gasteiger partial charge in [-0.2, -0.15) is 8.42 Å². The SMILES string of the molecule is CCOc1cc(/C=C2\SC(=Nc3ccc(C)cc3)N(c3ccc(C)cc3)C2=O)cc(Br)c1OS(=O)(=O)c1ccc(C)cc1. The number of aliphatic imine (C=N–C) groups is 1. The summed E-state index contributed by atoms with van der Waals surface area (Å²) in [6.07, 6.45) is 1.73. The molecule has 0 spiro atoms. The molecule has 0 atom stereocenters. The van der Waals surface area contributed by atoms with Crippen LogP contribution in [0.25, 0.3) is 6.08 Å². The minimum atomic E-state index is -4.12. The smallest absolute Gasteiger partial charge is 0.339 e. The molecule has 1 aliphatic rings. The van der Waals surface area contributed by atoms with E-state index in [0.29, 0.717) is 25.8 Å². The highest BCUT2D eigenvalue weighted by molar-refractivity contribution is 9.10. The number of ether oxygens (including phenoxy) is 1. The van der Waals surface area contributed by atoms with Crippen LogP contribution in [0, 0.1) is 20.8 Å². The molecular formula is C33H29BrN2O5S2. The first-order valence-electron chi connectivity index (χ1n) is 13.5. The standard InChI is InChI=1S/C33H29BrN2O5S2/c1-5-40-29-19-24(18-28(34)31(29)41-43(38,39)27-16-10-23(4)11-17-27)20-30-32(37)36(26-14-8-22(3)9-15-26)33(42-30)35-25-12-6-21(2)7-13-25/h6-20H,5H2,1-4H3/b30-20-,35-33?. The number of halogens is 1. The predicted molar refractivity (Wildman–Crippen MR) is 177 cm³/mol. The summed E-state index contributed by atoms with van der Waals surface area (Å²) in [4.78, 5) is 20.7. The van der Waals surface area contributed by atoms with Gasteiger partial charge in [0.1, 0.15) is 4.90 Å². The van der Waals surface area contributed by atoms with Crippen LogP contribution in [0.15, 0.2) is 104 Å². The number of nitrogens with zero attached hydrogens (tertiary/aromatic N) is 2. The normalized spacial score (nSPS) is 15.4. The summed E-state index contributed by atoms with van der Waals surface area (Å²) in [7, 11) is -4.12. The zero-order valence-electron chi connectivity index (χ0n) is 24.0. The molecule has 0 bridgehead atoms. The van der Waals surface area contributed by atoms with Crippen molar-refractivity contribution in [2.24, 2.45) is 4.99 Å². The van der Waals surface area contributed by atoms with Crippen LogP contribution in [0.4, 0.5) is 11.4 Å². The van der Waals surface area contributed by atoms with Gasteiger partial charge in [0, 0.05) is 0 Å². The van der Waals surface area contributed by atoms with Gasteiger partial charge in [0.25, 0.3) is 5.91 Å². The van der Waals surface area contributed by atoms with Gasteiger partial charge in [-0.3, -0.25) is 9.69 Å². The highest BCUT2D eigenvalue weighted by Crippen LogP contribution is 2.42. The molecule has 0 aromatic heterocycles. The number of hydrogen-bond acceptors (Lipinski definition) is 7. The van der Waals surface area contributed by atoms with Crippen LogP contribution < -0.4 is 13.8 Å². The van der Waals surface area contributed by atoms with Crippen LogP contribution in [0.1, 0.15) is 29.2 Å². The van der Waals surface area contributed by atoms with Crippen LogP contribution in [-0.2, 0) is 14.9 Å². The van der Waals surface area contributed by atoms with Gasteiger partial charge < -0.3 is 8.92 Å². The monoisotopic (exact) mass is 676 g/mol. The Morgan fingerprint density at radius 1 is 0.884 bits per heavy atom.